The number of thioether (sulfide) groups is 1. The normalized spacial score (nSPS) is 12.6. The first-order valence-electron chi connectivity index (χ1n) is 7.90. The molecule has 3 rings (SSSR count). The Bertz CT molecular complexity index is 978. The van der Waals surface area contributed by atoms with Gasteiger partial charge in [-0.1, -0.05) is 23.9 Å². The maximum absolute atomic E-state index is 12.2. The molecule has 0 aliphatic heterocycles. The average molecular weight is 361 g/mol. The lowest BCUT2D eigenvalue weighted by Gasteiger charge is -2.11. The van der Waals surface area contributed by atoms with Crippen LogP contribution in [0.15, 0.2) is 39.0 Å². The number of methoxy groups -OCH3 is 1. The first kappa shape index (κ1) is 17.4. The van der Waals surface area contributed by atoms with Crippen molar-refractivity contribution in [1.29, 1.82) is 0 Å². The summed E-state index contributed by atoms with van der Waals surface area (Å²) in [5.74, 6) is 0.549. The van der Waals surface area contributed by atoms with Crippen LogP contribution in [-0.2, 0) is 11.3 Å². The van der Waals surface area contributed by atoms with Crippen molar-refractivity contribution < 1.29 is 4.74 Å². The monoisotopic (exact) mass is 361 g/mol. The van der Waals surface area contributed by atoms with Crippen LogP contribution < -0.4 is 11.2 Å². The number of H-pyrrole nitrogens is 2. The molecule has 2 aromatic heterocycles. The number of rotatable bonds is 7. The van der Waals surface area contributed by atoms with Crippen molar-refractivity contribution in [2.45, 2.75) is 30.3 Å². The molecular formula is C16H19N5O3S. The van der Waals surface area contributed by atoms with Crippen LogP contribution in [0.25, 0.3) is 10.9 Å². The van der Waals surface area contributed by atoms with Gasteiger partial charge in [-0.25, -0.2) is 14.9 Å². The Hall–Kier alpha value is -2.39. The van der Waals surface area contributed by atoms with Gasteiger partial charge in [-0.3, -0.25) is 9.36 Å². The summed E-state index contributed by atoms with van der Waals surface area (Å²) in [4.78, 5) is 31.4. The summed E-state index contributed by atoms with van der Waals surface area (Å²) in [5, 5.41) is 7.48. The molecule has 2 heterocycles. The third-order valence-electron chi connectivity index (χ3n) is 3.75. The first-order chi connectivity index (χ1) is 12.1. The van der Waals surface area contributed by atoms with Crippen molar-refractivity contribution in [3.05, 3.63) is 50.9 Å². The van der Waals surface area contributed by atoms with Gasteiger partial charge in [0.05, 0.1) is 16.2 Å². The molecule has 1 aromatic carbocycles. The number of aromatic nitrogens is 5. The summed E-state index contributed by atoms with van der Waals surface area (Å²) >= 11 is 1.37. The molecule has 8 nitrogen and oxygen atoms in total. The number of para-hydroxylation sites is 1. The van der Waals surface area contributed by atoms with Crippen LogP contribution in [-0.4, -0.2) is 38.4 Å². The summed E-state index contributed by atoms with van der Waals surface area (Å²) < 4.78 is 6.59. The number of hydrogen-bond acceptors (Lipinski definition) is 6. The van der Waals surface area contributed by atoms with Gasteiger partial charge in [0.15, 0.2) is 5.16 Å². The van der Waals surface area contributed by atoms with Crippen molar-refractivity contribution in [1.82, 2.24) is 24.7 Å². The van der Waals surface area contributed by atoms with Gasteiger partial charge in [0, 0.05) is 20.3 Å². The third kappa shape index (κ3) is 3.83. The van der Waals surface area contributed by atoms with Gasteiger partial charge >= 0.3 is 5.69 Å². The van der Waals surface area contributed by atoms with E-state index in [9.17, 15) is 9.59 Å². The molecule has 0 radical (unpaired) electrons. The molecule has 0 saturated heterocycles. The lowest BCUT2D eigenvalue weighted by molar-refractivity contribution is 0.189. The molecular weight excluding hydrogens is 342 g/mol. The maximum Gasteiger partial charge on any atom is 0.343 e. The lowest BCUT2D eigenvalue weighted by Crippen LogP contribution is -2.19. The molecule has 0 amide bonds. The summed E-state index contributed by atoms with van der Waals surface area (Å²) in [6, 6.07) is 7.20. The Balaban J connectivity index is 1.84. The zero-order valence-electron chi connectivity index (χ0n) is 14.0. The minimum atomic E-state index is -0.259. The van der Waals surface area contributed by atoms with E-state index in [-0.39, 0.29) is 16.5 Å². The van der Waals surface area contributed by atoms with Gasteiger partial charge in [-0.15, -0.1) is 5.10 Å². The topological polar surface area (TPSA) is 106 Å². The fraction of sp³-hybridized carbons (Fsp3) is 0.375. The van der Waals surface area contributed by atoms with Gasteiger partial charge < -0.3 is 9.72 Å². The highest BCUT2D eigenvalue weighted by molar-refractivity contribution is 7.99. The van der Waals surface area contributed by atoms with Crippen LogP contribution in [0.1, 0.15) is 24.4 Å². The van der Waals surface area contributed by atoms with Gasteiger partial charge in [0.25, 0.3) is 5.56 Å². The molecule has 3 aromatic rings. The highest BCUT2D eigenvalue weighted by atomic mass is 32.2. The molecule has 0 aliphatic carbocycles. The van der Waals surface area contributed by atoms with Crippen molar-refractivity contribution >= 4 is 22.7 Å². The standard InChI is InChI=1S/C16H19N5O3S/c1-10(13-17-12-7-4-3-6-11(12)14(22)18-13)25-16-20-19-15(23)21(16)8-5-9-24-2/h3-4,6-7,10H,5,8-9H2,1-2H3,(H,19,23)(H,17,18,22)/t10-/m1/s1. The predicted octanol–water partition coefficient (Wildman–Crippen LogP) is 1.70. The highest BCUT2D eigenvalue weighted by Crippen LogP contribution is 2.31. The number of fused-ring (bicyclic) bond motifs is 1. The van der Waals surface area contributed by atoms with E-state index in [4.69, 9.17) is 4.74 Å². The molecule has 9 heteroatoms. The van der Waals surface area contributed by atoms with Crippen LogP contribution >= 0.6 is 11.8 Å². The van der Waals surface area contributed by atoms with E-state index in [2.05, 4.69) is 20.2 Å². The van der Waals surface area contributed by atoms with E-state index in [1.165, 1.54) is 11.8 Å². The number of nitrogens with one attached hydrogen (secondary N) is 2. The zero-order valence-corrected chi connectivity index (χ0v) is 14.8. The van der Waals surface area contributed by atoms with E-state index in [1.54, 1.807) is 29.9 Å². The first-order valence-corrected chi connectivity index (χ1v) is 8.78. The SMILES string of the molecule is COCCCn1c(S[C@H](C)c2nc3ccccc3c(=O)[nH]2)n[nH]c1=O. The maximum atomic E-state index is 12.2. The molecule has 1 atom stereocenters. The van der Waals surface area contributed by atoms with Gasteiger partial charge in [-0.05, 0) is 25.5 Å². The minimum absolute atomic E-state index is 0.173. The van der Waals surface area contributed by atoms with Crippen molar-refractivity contribution in [2.24, 2.45) is 0 Å². The predicted molar refractivity (Wildman–Crippen MR) is 96.0 cm³/mol. The lowest BCUT2D eigenvalue weighted by atomic mass is 10.2. The summed E-state index contributed by atoms with van der Waals surface area (Å²) in [6.07, 6.45) is 0.711. The molecule has 25 heavy (non-hydrogen) atoms. The second-order valence-electron chi connectivity index (χ2n) is 5.54. The number of ether oxygens (including phenoxy) is 1. The van der Waals surface area contributed by atoms with E-state index < -0.39 is 0 Å². The molecule has 0 aliphatic rings. The second-order valence-corrected chi connectivity index (χ2v) is 6.85. The quantitative estimate of drug-likeness (QED) is 0.490. The molecule has 0 spiro atoms. The average Bonchev–Trinajstić information content (AvgIpc) is 2.95. The largest absolute Gasteiger partial charge is 0.385 e. The molecule has 2 N–H and O–H groups in total. The van der Waals surface area contributed by atoms with Gasteiger partial charge in [0.1, 0.15) is 5.82 Å². The summed E-state index contributed by atoms with van der Waals surface area (Å²) in [6.45, 7) is 2.99. The fourth-order valence-corrected chi connectivity index (χ4v) is 3.41. The van der Waals surface area contributed by atoms with E-state index in [0.717, 1.165) is 0 Å². The van der Waals surface area contributed by atoms with Crippen molar-refractivity contribution in [3.63, 3.8) is 0 Å². The Labute approximate surface area is 147 Å². The van der Waals surface area contributed by atoms with Crippen LogP contribution in [0.2, 0.25) is 0 Å². The number of nitrogens with zero attached hydrogens (tertiary/aromatic N) is 3. The van der Waals surface area contributed by atoms with Crippen molar-refractivity contribution in [3.8, 4) is 0 Å². The summed E-state index contributed by atoms with van der Waals surface area (Å²) in [7, 11) is 1.62. The highest BCUT2D eigenvalue weighted by Gasteiger charge is 2.17. The van der Waals surface area contributed by atoms with Crippen LogP contribution in [0.3, 0.4) is 0 Å². The smallest absolute Gasteiger partial charge is 0.343 e. The fourth-order valence-electron chi connectivity index (χ4n) is 2.47. The van der Waals surface area contributed by atoms with E-state index in [0.29, 0.717) is 41.5 Å². The minimum Gasteiger partial charge on any atom is -0.385 e. The van der Waals surface area contributed by atoms with Crippen LogP contribution in [0.4, 0.5) is 0 Å². The van der Waals surface area contributed by atoms with E-state index >= 15 is 0 Å². The van der Waals surface area contributed by atoms with Crippen molar-refractivity contribution in [2.75, 3.05) is 13.7 Å². The van der Waals surface area contributed by atoms with Gasteiger partial charge in [0.2, 0.25) is 0 Å². The molecule has 132 valence electrons. The number of hydrogen-bond donors (Lipinski definition) is 2. The molecule has 0 fully saturated rings. The van der Waals surface area contributed by atoms with Crippen LogP contribution in [0.5, 0.6) is 0 Å². The Morgan fingerprint density at radius 3 is 2.92 bits per heavy atom. The van der Waals surface area contributed by atoms with E-state index in [1.807, 2.05) is 13.0 Å². The van der Waals surface area contributed by atoms with Gasteiger partial charge in [-0.2, -0.15) is 0 Å². The van der Waals surface area contributed by atoms with Crippen LogP contribution in [0, 0.1) is 0 Å². The Morgan fingerprint density at radius 2 is 2.12 bits per heavy atom. The number of aromatic amines is 2. The molecule has 0 saturated carbocycles. The Kier molecular flexibility index (Phi) is 5.34. The Morgan fingerprint density at radius 1 is 1.32 bits per heavy atom. The summed E-state index contributed by atoms with van der Waals surface area (Å²) in [5.41, 5.74) is 0.214. The second kappa shape index (κ2) is 7.66. The third-order valence-corrected chi connectivity index (χ3v) is 4.85. The number of benzene rings is 1. The molecule has 0 bridgehead atoms. The molecule has 0 unspecified atom stereocenters. The zero-order chi connectivity index (χ0) is 17.8.